The van der Waals surface area contributed by atoms with Gasteiger partial charge in [-0.3, -0.25) is 4.79 Å². The van der Waals surface area contributed by atoms with E-state index in [1.165, 1.54) is 128 Å². The van der Waals surface area contributed by atoms with Gasteiger partial charge in [-0.1, -0.05) is 142 Å². The van der Waals surface area contributed by atoms with Crippen LogP contribution in [0.2, 0.25) is 0 Å². The van der Waals surface area contributed by atoms with Crippen molar-refractivity contribution < 1.29 is 9.90 Å². The zero-order valence-electron chi connectivity index (χ0n) is 20.9. The molecule has 0 aliphatic carbocycles. The molecule has 0 spiro atoms. The average Bonchev–Trinajstić information content (AvgIpc) is 2.74. The first-order valence-electron chi connectivity index (χ1n) is 13.6. The molecule has 0 rings (SSSR count). The third kappa shape index (κ3) is 34.9. The lowest BCUT2D eigenvalue weighted by Crippen LogP contribution is -1.96. The Morgan fingerprint density at radius 2 is 0.767 bits per heavy atom. The van der Waals surface area contributed by atoms with Crippen LogP contribution >= 0.6 is 0 Å². The summed E-state index contributed by atoms with van der Waals surface area (Å²) in [5, 5.41) is 8.56. The highest BCUT2D eigenvalue weighted by Gasteiger charge is 1.97. The van der Waals surface area contributed by atoms with Crippen LogP contribution < -0.4 is 5.73 Å². The lowest BCUT2D eigenvalue weighted by molar-refractivity contribution is -0.137. The van der Waals surface area contributed by atoms with Gasteiger partial charge in [0.25, 0.3) is 0 Å². The molecule has 0 aromatic heterocycles. The van der Waals surface area contributed by atoms with Crippen LogP contribution in [0.15, 0.2) is 0 Å². The standard InChI is InChI=1S/C22H44O2.C5H13N/c1-2-3-4-5-6-7-8-9-10-11-12-13-14-15-16-17-18-19-20-21-22(23)24;1-2-3-4-5-6/h2-21H2,1H3,(H,23,24);2-6H2,1H3. The maximum absolute atomic E-state index is 10.4. The lowest BCUT2D eigenvalue weighted by Gasteiger charge is -2.03. The predicted molar refractivity (Wildman–Crippen MR) is 134 cm³/mol. The fraction of sp³-hybridized carbons (Fsp3) is 0.963. The van der Waals surface area contributed by atoms with E-state index in [-0.39, 0.29) is 0 Å². The molecular weight excluding hydrogens is 370 g/mol. The van der Waals surface area contributed by atoms with Crippen LogP contribution in [0.5, 0.6) is 0 Å². The number of carboxylic acids is 1. The molecule has 0 atom stereocenters. The fourth-order valence-electron chi connectivity index (χ4n) is 3.75. The first kappa shape index (κ1) is 31.6. The summed E-state index contributed by atoms with van der Waals surface area (Å²) in [5.74, 6) is -0.651. The first-order valence-corrected chi connectivity index (χ1v) is 13.6. The van der Waals surface area contributed by atoms with Gasteiger partial charge in [0.15, 0.2) is 0 Å². The molecule has 3 heteroatoms. The summed E-state index contributed by atoms with van der Waals surface area (Å²) >= 11 is 0. The van der Waals surface area contributed by atoms with Gasteiger partial charge in [-0.15, -0.1) is 0 Å². The van der Waals surface area contributed by atoms with Gasteiger partial charge >= 0.3 is 5.97 Å². The minimum absolute atomic E-state index is 0.346. The minimum atomic E-state index is -0.651. The number of nitrogens with two attached hydrogens (primary N) is 1. The molecule has 0 aliphatic heterocycles. The second-order valence-corrected chi connectivity index (χ2v) is 9.00. The summed E-state index contributed by atoms with van der Waals surface area (Å²) in [6.07, 6.45) is 29.9. The highest BCUT2D eigenvalue weighted by Crippen LogP contribution is 2.14. The Labute approximate surface area is 190 Å². The van der Waals surface area contributed by atoms with E-state index in [0.29, 0.717) is 6.42 Å². The molecule has 0 fully saturated rings. The molecule has 0 radical (unpaired) electrons. The van der Waals surface area contributed by atoms with Crippen LogP contribution in [0.4, 0.5) is 0 Å². The maximum Gasteiger partial charge on any atom is 0.303 e. The van der Waals surface area contributed by atoms with E-state index in [9.17, 15) is 4.79 Å². The Kier molecular flexibility index (Phi) is 32.3. The van der Waals surface area contributed by atoms with E-state index in [2.05, 4.69) is 13.8 Å². The van der Waals surface area contributed by atoms with Crippen LogP contribution in [0.3, 0.4) is 0 Å². The number of unbranched alkanes of at least 4 members (excludes halogenated alkanes) is 20. The molecule has 182 valence electrons. The number of hydrogen-bond acceptors (Lipinski definition) is 2. The summed E-state index contributed by atoms with van der Waals surface area (Å²) in [6, 6.07) is 0. The van der Waals surface area contributed by atoms with Crippen molar-refractivity contribution in [3.63, 3.8) is 0 Å². The van der Waals surface area contributed by atoms with Crippen LogP contribution in [-0.2, 0) is 4.79 Å². The van der Waals surface area contributed by atoms with E-state index in [4.69, 9.17) is 10.8 Å². The van der Waals surface area contributed by atoms with Crippen molar-refractivity contribution in [3.8, 4) is 0 Å². The molecule has 0 bridgehead atoms. The van der Waals surface area contributed by atoms with Gasteiger partial charge in [-0.25, -0.2) is 0 Å². The van der Waals surface area contributed by atoms with Gasteiger partial charge in [0, 0.05) is 6.42 Å². The Balaban J connectivity index is 0. The Morgan fingerprint density at radius 3 is 1.00 bits per heavy atom. The third-order valence-corrected chi connectivity index (χ3v) is 5.80. The minimum Gasteiger partial charge on any atom is -0.481 e. The van der Waals surface area contributed by atoms with Crippen molar-refractivity contribution in [1.82, 2.24) is 0 Å². The summed E-state index contributed by atoms with van der Waals surface area (Å²) in [4.78, 5) is 10.4. The molecule has 0 saturated heterocycles. The van der Waals surface area contributed by atoms with E-state index >= 15 is 0 Å². The SMILES string of the molecule is CCCCCCCCCCCCCCCCCCCCCC(=O)O.CCCCCN. The second kappa shape index (κ2) is 30.6. The van der Waals surface area contributed by atoms with E-state index < -0.39 is 5.97 Å². The van der Waals surface area contributed by atoms with Crippen LogP contribution in [0.25, 0.3) is 0 Å². The van der Waals surface area contributed by atoms with Crippen molar-refractivity contribution in [3.05, 3.63) is 0 Å². The van der Waals surface area contributed by atoms with Gasteiger partial charge in [-0.05, 0) is 19.4 Å². The number of carboxylic acid groups (broad SMARTS) is 1. The topological polar surface area (TPSA) is 63.3 Å². The molecule has 3 nitrogen and oxygen atoms in total. The quantitative estimate of drug-likeness (QED) is 0.160. The molecule has 3 N–H and O–H groups in total. The molecule has 0 aliphatic rings. The molecule has 0 unspecified atom stereocenters. The largest absolute Gasteiger partial charge is 0.481 e. The number of hydrogen-bond donors (Lipinski definition) is 2. The number of aliphatic carboxylic acids is 1. The molecule has 0 amide bonds. The van der Waals surface area contributed by atoms with Crippen molar-refractivity contribution in [2.75, 3.05) is 6.54 Å². The molecule has 0 aromatic rings. The van der Waals surface area contributed by atoms with Gasteiger partial charge in [0.1, 0.15) is 0 Å². The number of carbonyl (C=O) groups is 1. The van der Waals surface area contributed by atoms with Crippen LogP contribution in [-0.4, -0.2) is 17.6 Å². The molecular formula is C27H57NO2. The molecule has 0 saturated carbocycles. The summed E-state index contributed by atoms with van der Waals surface area (Å²) in [6.45, 7) is 5.31. The van der Waals surface area contributed by atoms with Gasteiger partial charge in [-0.2, -0.15) is 0 Å². The Morgan fingerprint density at radius 1 is 0.500 bits per heavy atom. The monoisotopic (exact) mass is 427 g/mol. The summed E-state index contributed by atoms with van der Waals surface area (Å²) < 4.78 is 0. The normalized spacial score (nSPS) is 10.6. The van der Waals surface area contributed by atoms with E-state index in [0.717, 1.165) is 19.4 Å². The highest BCUT2D eigenvalue weighted by atomic mass is 16.4. The predicted octanol–water partition coefficient (Wildman–Crippen LogP) is 9.03. The maximum atomic E-state index is 10.4. The van der Waals surface area contributed by atoms with Crippen molar-refractivity contribution >= 4 is 5.97 Å². The number of rotatable bonds is 23. The highest BCUT2D eigenvalue weighted by molar-refractivity contribution is 5.66. The zero-order valence-corrected chi connectivity index (χ0v) is 20.9. The third-order valence-electron chi connectivity index (χ3n) is 5.80. The van der Waals surface area contributed by atoms with Gasteiger partial charge < -0.3 is 10.8 Å². The summed E-state index contributed by atoms with van der Waals surface area (Å²) in [7, 11) is 0. The zero-order chi connectivity index (χ0) is 22.5. The first-order chi connectivity index (χ1) is 14.7. The molecule has 0 aromatic carbocycles. The average molecular weight is 428 g/mol. The molecule has 0 heterocycles. The van der Waals surface area contributed by atoms with Crippen molar-refractivity contribution in [2.45, 2.75) is 162 Å². The van der Waals surface area contributed by atoms with Gasteiger partial charge in [0.2, 0.25) is 0 Å². The second-order valence-electron chi connectivity index (χ2n) is 9.00. The van der Waals surface area contributed by atoms with Crippen LogP contribution in [0.1, 0.15) is 162 Å². The van der Waals surface area contributed by atoms with Crippen molar-refractivity contribution in [1.29, 1.82) is 0 Å². The van der Waals surface area contributed by atoms with E-state index in [1.54, 1.807) is 0 Å². The molecule has 30 heavy (non-hydrogen) atoms. The van der Waals surface area contributed by atoms with Crippen molar-refractivity contribution in [2.24, 2.45) is 5.73 Å². The summed E-state index contributed by atoms with van der Waals surface area (Å²) in [5.41, 5.74) is 5.21. The lowest BCUT2D eigenvalue weighted by atomic mass is 10.0. The van der Waals surface area contributed by atoms with Gasteiger partial charge in [0.05, 0.1) is 0 Å². The fourth-order valence-corrected chi connectivity index (χ4v) is 3.75. The Hall–Kier alpha value is -0.570. The van der Waals surface area contributed by atoms with E-state index in [1.807, 2.05) is 0 Å². The smallest absolute Gasteiger partial charge is 0.303 e. The van der Waals surface area contributed by atoms with Crippen LogP contribution in [0, 0.1) is 0 Å². The Bertz CT molecular complexity index is 303.